The van der Waals surface area contributed by atoms with Crippen LogP contribution in [0, 0.1) is 6.92 Å². The number of nitrogens with one attached hydrogen (secondary N) is 1. The number of thiazole rings is 1. The minimum absolute atomic E-state index is 0.228. The summed E-state index contributed by atoms with van der Waals surface area (Å²) in [6.07, 6.45) is 0. The van der Waals surface area contributed by atoms with E-state index >= 15 is 0 Å². The summed E-state index contributed by atoms with van der Waals surface area (Å²) in [7, 11) is -3.62. The Balaban J connectivity index is 1.99. The number of sulfonamides is 1. The third-order valence-electron chi connectivity index (χ3n) is 2.98. The number of rotatable bonds is 3. The molecule has 0 radical (unpaired) electrons. The molecular weight excluding hydrogens is 372 g/mol. The van der Waals surface area contributed by atoms with Crippen molar-refractivity contribution in [2.24, 2.45) is 0 Å². The predicted molar refractivity (Wildman–Crippen MR) is 89.3 cm³/mol. The summed E-state index contributed by atoms with van der Waals surface area (Å²) in [6, 6.07) is 10.4. The minimum Gasteiger partial charge on any atom is -0.278 e. The molecule has 0 unspecified atom stereocenters. The fraction of sp³-hybridized carbons (Fsp3) is 0.0714. The van der Waals surface area contributed by atoms with Crippen molar-refractivity contribution < 1.29 is 8.42 Å². The number of hydrogen-bond acceptors (Lipinski definition) is 4. The third-order valence-corrected chi connectivity index (χ3v) is 5.79. The molecule has 108 valence electrons. The number of halogens is 1. The average Bonchev–Trinajstić information content (AvgIpc) is 2.89. The van der Waals surface area contributed by atoms with E-state index in [0.29, 0.717) is 10.2 Å². The van der Waals surface area contributed by atoms with Crippen LogP contribution in [0.2, 0.25) is 0 Å². The van der Waals surface area contributed by atoms with Crippen LogP contribution in [0.25, 0.3) is 10.2 Å². The fourth-order valence-electron chi connectivity index (χ4n) is 1.91. The number of aromatic nitrogens is 1. The molecule has 21 heavy (non-hydrogen) atoms. The number of fused-ring (bicyclic) bond motifs is 1. The monoisotopic (exact) mass is 382 g/mol. The topological polar surface area (TPSA) is 59.1 Å². The van der Waals surface area contributed by atoms with Crippen molar-refractivity contribution in [2.75, 3.05) is 4.72 Å². The maximum absolute atomic E-state index is 12.5. The van der Waals surface area contributed by atoms with E-state index in [1.165, 1.54) is 11.3 Å². The Morgan fingerprint density at radius 1 is 1.19 bits per heavy atom. The molecule has 7 heteroatoms. The summed E-state index contributed by atoms with van der Waals surface area (Å²) in [4.78, 5) is 4.37. The van der Waals surface area contributed by atoms with Gasteiger partial charge in [-0.05, 0) is 58.7 Å². The summed E-state index contributed by atoms with van der Waals surface area (Å²) in [6.45, 7) is 1.95. The standard InChI is InChI=1S/C14H11BrN2O2S2/c1-9-2-4-12(11(15)6-9)17-21(18,19)10-3-5-13-14(7-10)20-8-16-13/h2-8,17H,1H3. The summed E-state index contributed by atoms with van der Waals surface area (Å²) in [5.74, 6) is 0. The molecule has 0 aliphatic carbocycles. The van der Waals surface area contributed by atoms with E-state index in [4.69, 9.17) is 0 Å². The highest BCUT2D eigenvalue weighted by atomic mass is 79.9. The molecule has 0 fully saturated rings. The van der Waals surface area contributed by atoms with Gasteiger partial charge in [0.05, 0.1) is 26.3 Å². The SMILES string of the molecule is Cc1ccc(NS(=O)(=O)c2ccc3ncsc3c2)c(Br)c1. The predicted octanol–water partition coefficient (Wildman–Crippen LogP) is 4.17. The summed E-state index contributed by atoms with van der Waals surface area (Å²) < 4.78 is 29.1. The highest BCUT2D eigenvalue weighted by Gasteiger charge is 2.16. The second-order valence-electron chi connectivity index (χ2n) is 4.57. The molecule has 3 aromatic rings. The van der Waals surface area contributed by atoms with Crippen molar-refractivity contribution >= 4 is 53.2 Å². The molecule has 1 N–H and O–H groups in total. The second kappa shape index (κ2) is 5.40. The van der Waals surface area contributed by atoms with Crippen LogP contribution >= 0.6 is 27.3 Å². The molecule has 0 aliphatic rings. The molecule has 0 saturated heterocycles. The lowest BCUT2D eigenvalue weighted by Gasteiger charge is -2.10. The summed E-state index contributed by atoms with van der Waals surface area (Å²) in [5, 5.41) is 0. The van der Waals surface area contributed by atoms with E-state index in [9.17, 15) is 8.42 Å². The van der Waals surface area contributed by atoms with Crippen molar-refractivity contribution in [1.29, 1.82) is 0 Å². The second-order valence-corrected chi connectivity index (χ2v) is 7.99. The molecular formula is C14H11BrN2O2S2. The van der Waals surface area contributed by atoms with E-state index in [1.54, 1.807) is 29.8 Å². The van der Waals surface area contributed by atoms with Gasteiger partial charge in [-0.3, -0.25) is 4.72 Å². The first-order valence-corrected chi connectivity index (χ1v) is 9.23. The first kappa shape index (κ1) is 14.5. The van der Waals surface area contributed by atoms with E-state index < -0.39 is 10.0 Å². The van der Waals surface area contributed by atoms with Crippen LogP contribution in [-0.2, 0) is 10.0 Å². The molecule has 0 aliphatic heterocycles. The van der Waals surface area contributed by atoms with Gasteiger partial charge in [-0.2, -0.15) is 0 Å². The van der Waals surface area contributed by atoms with Crippen molar-refractivity contribution in [3.8, 4) is 0 Å². The van der Waals surface area contributed by atoms with Gasteiger partial charge in [-0.15, -0.1) is 11.3 Å². The molecule has 0 bridgehead atoms. The van der Waals surface area contributed by atoms with Crippen LogP contribution in [0.15, 0.2) is 51.3 Å². The van der Waals surface area contributed by atoms with Gasteiger partial charge in [0.2, 0.25) is 0 Å². The maximum Gasteiger partial charge on any atom is 0.261 e. The summed E-state index contributed by atoms with van der Waals surface area (Å²) in [5.41, 5.74) is 4.07. The molecule has 1 aromatic heterocycles. The van der Waals surface area contributed by atoms with Crippen LogP contribution in [0.1, 0.15) is 5.56 Å². The van der Waals surface area contributed by atoms with E-state index in [-0.39, 0.29) is 4.90 Å². The molecule has 0 amide bonds. The van der Waals surface area contributed by atoms with Gasteiger partial charge in [0.15, 0.2) is 0 Å². The maximum atomic E-state index is 12.5. The molecule has 0 atom stereocenters. The molecule has 2 aromatic carbocycles. The van der Waals surface area contributed by atoms with Crippen molar-refractivity contribution in [3.63, 3.8) is 0 Å². The van der Waals surface area contributed by atoms with Gasteiger partial charge >= 0.3 is 0 Å². The molecule has 1 heterocycles. The molecule has 0 saturated carbocycles. The Morgan fingerprint density at radius 3 is 2.76 bits per heavy atom. The number of hydrogen-bond donors (Lipinski definition) is 1. The van der Waals surface area contributed by atoms with Crippen LogP contribution in [0.5, 0.6) is 0 Å². The van der Waals surface area contributed by atoms with Gasteiger partial charge in [-0.25, -0.2) is 13.4 Å². The lowest BCUT2D eigenvalue weighted by Crippen LogP contribution is -2.13. The van der Waals surface area contributed by atoms with Crippen LogP contribution < -0.4 is 4.72 Å². The fourth-order valence-corrected chi connectivity index (χ4v) is 4.53. The van der Waals surface area contributed by atoms with Crippen molar-refractivity contribution in [2.45, 2.75) is 11.8 Å². The van der Waals surface area contributed by atoms with Gasteiger partial charge in [0.25, 0.3) is 10.0 Å². The summed E-state index contributed by atoms with van der Waals surface area (Å²) >= 11 is 4.79. The van der Waals surface area contributed by atoms with Gasteiger partial charge in [0, 0.05) is 4.47 Å². The normalized spacial score (nSPS) is 11.7. The molecule has 3 rings (SSSR count). The first-order valence-electron chi connectivity index (χ1n) is 6.08. The zero-order valence-corrected chi connectivity index (χ0v) is 14.2. The highest BCUT2D eigenvalue weighted by molar-refractivity contribution is 9.10. The highest BCUT2D eigenvalue weighted by Crippen LogP contribution is 2.27. The van der Waals surface area contributed by atoms with Crippen LogP contribution in [0.4, 0.5) is 5.69 Å². The number of anilines is 1. The van der Waals surface area contributed by atoms with E-state index in [2.05, 4.69) is 25.6 Å². The Morgan fingerprint density at radius 2 is 2.00 bits per heavy atom. The first-order chi connectivity index (χ1) is 9.95. The van der Waals surface area contributed by atoms with Gasteiger partial charge in [0.1, 0.15) is 0 Å². The minimum atomic E-state index is -3.62. The van der Waals surface area contributed by atoms with Crippen molar-refractivity contribution in [1.82, 2.24) is 4.98 Å². The lowest BCUT2D eigenvalue weighted by molar-refractivity contribution is 0.601. The van der Waals surface area contributed by atoms with Crippen LogP contribution in [-0.4, -0.2) is 13.4 Å². The van der Waals surface area contributed by atoms with Gasteiger partial charge in [-0.1, -0.05) is 6.07 Å². The zero-order valence-electron chi connectivity index (χ0n) is 11.0. The van der Waals surface area contributed by atoms with E-state index in [0.717, 1.165) is 15.8 Å². The van der Waals surface area contributed by atoms with E-state index in [1.807, 2.05) is 19.1 Å². The van der Waals surface area contributed by atoms with Crippen molar-refractivity contribution in [3.05, 3.63) is 51.9 Å². The number of nitrogens with zero attached hydrogens (tertiary/aromatic N) is 1. The lowest BCUT2D eigenvalue weighted by atomic mass is 10.2. The largest absolute Gasteiger partial charge is 0.278 e. The Kier molecular flexibility index (Phi) is 3.73. The number of aryl methyl sites for hydroxylation is 1. The average molecular weight is 383 g/mol. The molecule has 4 nitrogen and oxygen atoms in total. The smallest absolute Gasteiger partial charge is 0.261 e. The number of benzene rings is 2. The van der Waals surface area contributed by atoms with Gasteiger partial charge < -0.3 is 0 Å². The Hall–Kier alpha value is -1.44. The Bertz CT molecular complexity index is 920. The quantitative estimate of drug-likeness (QED) is 0.739. The zero-order chi connectivity index (χ0) is 15.0. The van der Waals surface area contributed by atoms with Crippen LogP contribution in [0.3, 0.4) is 0 Å². The third kappa shape index (κ3) is 2.95. The Labute approximate surface area is 135 Å². The molecule has 0 spiro atoms.